The van der Waals surface area contributed by atoms with Crippen LogP contribution in [0.15, 0.2) is 18.2 Å². The summed E-state index contributed by atoms with van der Waals surface area (Å²) in [5, 5.41) is 9.35. The average molecular weight is 437 g/mol. The minimum absolute atomic E-state index is 0.215. The number of carbonyl (C=O) groups is 2. The average Bonchev–Trinajstić information content (AvgIpc) is 3.38. The van der Waals surface area contributed by atoms with Crippen molar-refractivity contribution < 1.29 is 9.59 Å². The highest BCUT2D eigenvalue weighted by atomic mass is 32.1. The number of ketones is 1. The van der Waals surface area contributed by atoms with Crippen LogP contribution in [0, 0.1) is 13.8 Å². The number of aryl methyl sites for hydroxylation is 2. The summed E-state index contributed by atoms with van der Waals surface area (Å²) in [6, 6.07) is 5.51. The molecule has 160 valence electrons. The van der Waals surface area contributed by atoms with Crippen LogP contribution >= 0.6 is 11.3 Å². The quantitative estimate of drug-likeness (QED) is 0.426. The monoisotopic (exact) mass is 436 g/mol. The lowest BCUT2D eigenvalue weighted by atomic mass is 9.98. The number of hydrogen-bond acceptors (Lipinski definition) is 7. The number of amides is 1. The molecule has 3 heterocycles. The summed E-state index contributed by atoms with van der Waals surface area (Å²) >= 11 is 1.67. The molecule has 5 rings (SSSR count). The minimum Gasteiger partial charge on any atom is -0.398 e. The van der Waals surface area contributed by atoms with Gasteiger partial charge in [-0.15, -0.1) is 11.3 Å². The van der Waals surface area contributed by atoms with Crippen LogP contribution in [-0.4, -0.2) is 65.0 Å². The summed E-state index contributed by atoms with van der Waals surface area (Å²) in [5.41, 5.74) is 13.4. The van der Waals surface area contributed by atoms with Crippen LogP contribution in [0.3, 0.4) is 0 Å². The number of nitrogens with two attached hydrogens (primary N) is 1. The lowest BCUT2D eigenvalue weighted by molar-refractivity contribution is 0.0661. The van der Waals surface area contributed by atoms with E-state index in [1.807, 2.05) is 24.9 Å². The molecule has 1 amide bonds. The number of hydrogen-bond donors (Lipinski definition) is 3. The third-order valence-corrected chi connectivity index (χ3v) is 6.98. The predicted octanol–water partition coefficient (Wildman–Crippen LogP) is 2.44. The predicted molar refractivity (Wildman–Crippen MR) is 121 cm³/mol. The van der Waals surface area contributed by atoms with Crippen molar-refractivity contribution in [3.63, 3.8) is 0 Å². The van der Waals surface area contributed by atoms with Crippen molar-refractivity contribution in [2.75, 3.05) is 39.0 Å². The van der Waals surface area contributed by atoms with Gasteiger partial charge in [0.05, 0.1) is 16.8 Å². The fourth-order valence-corrected chi connectivity index (χ4v) is 5.29. The van der Waals surface area contributed by atoms with E-state index in [0.717, 1.165) is 41.5 Å². The number of rotatable bonds is 3. The molecule has 0 bridgehead atoms. The molecule has 0 saturated carbocycles. The number of H-pyrrole nitrogens is 1. The van der Waals surface area contributed by atoms with Gasteiger partial charge in [-0.1, -0.05) is 0 Å². The molecule has 4 N–H and O–H groups in total. The SMILES string of the molecule is Cc1cc(-c2n[nH]c3c2C(=O)c2c-3ccc(N)c2C(=O)NN2CCN(C)CC2)c(C)s1. The number of nitrogens with one attached hydrogen (secondary N) is 2. The third kappa shape index (κ3) is 3.16. The zero-order valence-corrected chi connectivity index (χ0v) is 18.5. The van der Waals surface area contributed by atoms with Crippen molar-refractivity contribution >= 4 is 28.7 Å². The number of thiophene rings is 1. The first-order chi connectivity index (χ1) is 14.8. The Kier molecular flexibility index (Phi) is 4.69. The molecule has 31 heavy (non-hydrogen) atoms. The number of fused-ring (bicyclic) bond motifs is 3. The number of nitrogen functional groups attached to an aromatic ring is 1. The third-order valence-electron chi connectivity index (χ3n) is 6.01. The summed E-state index contributed by atoms with van der Waals surface area (Å²) in [6.45, 7) is 7.21. The number of hydrazine groups is 1. The van der Waals surface area contributed by atoms with Gasteiger partial charge in [0.15, 0.2) is 5.78 Å². The van der Waals surface area contributed by atoms with E-state index in [-0.39, 0.29) is 17.3 Å². The van der Waals surface area contributed by atoms with E-state index in [1.165, 1.54) is 0 Å². The molecule has 1 aliphatic heterocycles. The molecule has 9 heteroatoms. The van der Waals surface area contributed by atoms with Gasteiger partial charge in [-0.25, -0.2) is 5.01 Å². The van der Waals surface area contributed by atoms with E-state index in [1.54, 1.807) is 23.5 Å². The van der Waals surface area contributed by atoms with Gasteiger partial charge in [0, 0.05) is 58.3 Å². The molecular weight excluding hydrogens is 412 g/mol. The first-order valence-corrected chi connectivity index (χ1v) is 11.0. The first kappa shape index (κ1) is 19.9. The summed E-state index contributed by atoms with van der Waals surface area (Å²) in [6.07, 6.45) is 0. The number of nitrogens with zero attached hydrogens (tertiary/aromatic N) is 3. The number of carbonyl (C=O) groups excluding carboxylic acids is 2. The fourth-order valence-electron chi connectivity index (χ4n) is 4.37. The number of anilines is 1. The summed E-state index contributed by atoms with van der Waals surface area (Å²) in [5.74, 6) is -0.567. The molecule has 2 aromatic heterocycles. The minimum atomic E-state index is -0.352. The van der Waals surface area contributed by atoms with Gasteiger partial charge in [-0.3, -0.25) is 20.1 Å². The zero-order chi connectivity index (χ0) is 21.9. The van der Waals surface area contributed by atoms with E-state index < -0.39 is 0 Å². The van der Waals surface area contributed by atoms with Crippen LogP contribution in [0.4, 0.5) is 5.69 Å². The van der Waals surface area contributed by atoms with Crippen LogP contribution in [-0.2, 0) is 0 Å². The van der Waals surface area contributed by atoms with Gasteiger partial charge in [0.1, 0.15) is 5.69 Å². The molecular formula is C22H24N6O2S. The van der Waals surface area contributed by atoms with Crippen LogP contribution in [0.1, 0.15) is 36.0 Å². The highest BCUT2D eigenvalue weighted by Gasteiger charge is 2.37. The summed E-state index contributed by atoms with van der Waals surface area (Å²) in [7, 11) is 2.05. The van der Waals surface area contributed by atoms with Crippen LogP contribution in [0.5, 0.6) is 0 Å². The lowest BCUT2D eigenvalue weighted by Crippen LogP contribution is -2.52. The van der Waals surface area contributed by atoms with Gasteiger partial charge < -0.3 is 10.6 Å². The normalized spacial score (nSPS) is 16.4. The van der Waals surface area contributed by atoms with Crippen molar-refractivity contribution in [3.05, 3.63) is 44.6 Å². The van der Waals surface area contributed by atoms with E-state index in [0.29, 0.717) is 33.8 Å². The summed E-state index contributed by atoms with van der Waals surface area (Å²) < 4.78 is 0. The number of likely N-dealkylation sites (N-methyl/N-ethyl adjacent to an activating group) is 1. The maximum absolute atomic E-state index is 13.6. The van der Waals surface area contributed by atoms with E-state index in [2.05, 4.69) is 27.6 Å². The van der Waals surface area contributed by atoms with Gasteiger partial charge in [0.2, 0.25) is 0 Å². The van der Waals surface area contributed by atoms with E-state index >= 15 is 0 Å². The Labute approximate surface area is 184 Å². The topological polar surface area (TPSA) is 107 Å². The van der Waals surface area contributed by atoms with Gasteiger partial charge in [-0.2, -0.15) is 5.10 Å². The Morgan fingerprint density at radius 3 is 2.58 bits per heavy atom. The standard InChI is InChI=1S/C22H24N6O2S/c1-11-10-14(12(2)31-11)20-18-19(24-25-20)13-4-5-15(23)17(16(13)21(18)29)22(30)26-28-8-6-27(3)7-9-28/h4-5,10H,6-9,23H2,1-3H3,(H,24,25)(H,26,30). The van der Waals surface area contributed by atoms with Crippen LogP contribution in [0.25, 0.3) is 22.5 Å². The van der Waals surface area contributed by atoms with E-state index in [4.69, 9.17) is 5.73 Å². The molecule has 1 saturated heterocycles. The Morgan fingerprint density at radius 2 is 1.90 bits per heavy atom. The fraction of sp³-hybridized carbons (Fsp3) is 0.318. The number of aromatic amines is 1. The second-order valence-corrected chi connectivity index (χ2v) is 9.62. The number of piperazine rings is 1. The second-order valence-electron chi connectivity index (χ2n) is 8.16. The highest BCUT2D eigenvalue weighted by molar-refractivity contribution is 7.12. The molecule has 0 atom stereocenters. The Bertz CT molecular complexity index is 1220. The molecule has 0 spiro atoms. The number of benzene rings is 1. The molecule has 0 radical (unpaired) electrons. The summed E-state index contributed by atoms with van der Waals surface area (Å²) in [4.78, 5) is 31.2. The molecule has 8 nitrogen and oxygen atoms in total. The molecule has 3 aromatic rings. The van der Waals surface area contributed by atoms with Crippen molar-refractivity contribution in [3.8, 4) is 22.5 Å². The molecule has 1 fully saturated rings. The van der Waals surface area contributed by atoms with Crippen molar-refractivity contribution in [1.29, 1.82) is 0 Å². The van der Waals surface area contributed by atoms with Crippen molar-refractivity contribution in [2.24, 2.45) is 0 Å². The van der Waals surface area contributed by atoms with Gasteiger partial charge >= 0.3 is 0 Å². The molecule has 0 unspecified atom stereocenters. The Balaban J connectivity index is 1.54. The largest absolute Gasteiger partial charge is 0.398 e. The van der Waals surface area contributed by atoms with Gasteiger partial charge in [0.25, 0.3) is 5.91 Å². The molecule has 1 aliphatic carbocycles. The van der Waals surface area contributed by atoms with E-state index in [9.17, 15) is 9.59 Å². The van der Waals surface area contributed by atoms with Gasteiger partial charge in [-0.05, 0) is 39.1 Å². The second kappa shape index (κ2) is 7.30. The maximum Gasteiger partial charge on any atom is 0.268 e. The van der Waals surface area contributed by atoms with Crippen molar-refractivity contribution in [1.82, 2.24) is 25.5 Å². The lowest BCUT2D eigenvalue weighted by Gasteiger charge is -2.32. The highest BCUT2D eigenvalue weighted by Crippen LogP contribution is 2.44. The first-order valence-electron chi connectivity index (χ1n) is 10.2. The molecule has 2 aliphatic rings. The van der Waals surface area contributed by atoms with Crippen molar-refractivity contribution in [2.45, 2.75) is 13.8 Å². The Morgan fingerprint density at radius 1 is 1.16 bits per heavy atom. The molecule has 1 aromatic carbocycles. The van der Waals surface area contributed by atoms with Crippen LogP contribution < -0.4 is 11.2 Å². The van der Waals surface area contributed by atoms with Crippen LogP contribution in [0.2, 0.25) is 0 Å². The Hall–Kier alpha value is -3.01. The number of aromatic nitrogens is 2. The smallest absolute Gasteiger partial charge is 0.268 e. The zero-order valence-electron chi connectivity index (χ0n) is 17.7. The maximum atomic E-state index is 13.6.